The van der Waals surface area contributed by atoms with Gasteiger partial charge in [0.05, 0.1) is 24.0 Å². The second kappa shape index (κ2) is 4.51. The van der Waals surface area contributed by atoms with Crippen LogP contribution in [0.2, 0.25) is 0 Å². The molecule has 1 fully saturated rings. The van der Waals surface area contributed by atoms with E-state index in [4.69, 9.17) is 4.74 Å². The van der Waals surface area contributed by atoms with Gasteiger partial charge in [0.1, 0.15) is 5.82 Å². The first-order valence-electron chi connectivity index (χ1n) is 6.08. The summed E-state index contributed by atoms with van der Waals surface area (Å²) in [5.41, 5.74) is -0.537. The third-order valence-corrected chi connectivity index (χ3v) is 3.27. The van der Waals surface area contributed by atoms with Gasteiger partial charge in [-0.15, -0.1) is 0 Å². The van der Waals surface area contributed by atoms with Gasteiger partial charge >= 0.3 is 0 Å². The van der Waals surface area contributed by atoms with Gasteiger partial charge in [-0.3, -0.25) is 19.4 Å². The summed E-state index contributed by atoms with van der Waals surface area (Å²) in [6.07, 6.45) is 1.47. The molecule has 3 heterocycles. The molecule has 2 aromatic heterocycles. The van der Waals surface area contributed by atoms with E-state index in [1.165, 1.54) is 17.9 Å². The van der Waals surface area contributed by atoms with Gasteiger partial charge in [0, 0.05) is 26.3 Å². The molecule has 0 spiro atoms. The maximum Gasteiger partial charge on any atom is 0.274 e. The molecule has 0 aromatic carbocycles. The average molecular weight is 262 g/mol. The van der Waals surface area contributed by atoms with Crippen molar-refractivity contribution in [3.05, 3.63) is 33.0 Å². The van der Waals surface area contributed by atoms with Crippen molar-refractivity contribution in [2.45, 2.75) is 0 Å². The SMILES string of the molecule is Cn1[nH]c(=O)c2cc(N3CCOCC3)ncc2c1=O. The molecule has 0 aliphatic carbocycles. The number of H-pyrrole nitrogens is 1. The molecular weight excluding hydrogens is 248 g/mol. The van der Waals surface area contributed by atoms with Gasteiger partial charge in [-0.1, -0.05) is 0 Å². The van der Waals surface area contributed by atoms with Crippen molar-refractivity contribution in [2.75, 3.05) is 31.2 Å². The summed E-state index contributed by atoms with van der Waals surface area (Å²) in [6, 6.07) is 1.67. The molecule has 0 radical (unpaired) electrons. The van der Waals surface area contributed by atoms with Gasteiger partial charge in [-0.25, -0.2) is 4.98 Å². The molecule has 1 N–H and O–H groups in total. The lowest BCUT2D eigenvalue weighted by atomic mass is 10.2. The molecule has 2 aromatic rings. The Labute approximate surface area is 108 Å². The van der Waals surface area contributed by atoms with Crippen LogP contribution in [0.1, 0.15) is 0 Å². The zero-order valence-corrected chi connectivity index (χ0v) is 10.5. The monoisotopic (exact) mass is 262 g/mol. The molecule has 19 heavy (non-hydrogen) atoms. The Morgan fingerprint density at radius 2 is 2.00 bits per heavy atom. The molecule has 7 heteroatoms. The number of aromatic amines is 1. The molecule has 0 unspecified atom stereocenters. The van der Waals surface area contributed by atoms with Crippen molar-refractivity contribution in [1.29, 1.82) is 0 Å². The normalized spacial score (nSPS) is 15.9. The smallest absolute Gasteiger partial charge is 0.274 e. The minimum absolute atomic E-state index is 0.254. The molecule has 100 valence electrons. The summed E-state index contributed by atoms with van der Waals surface area (Å²) >= 11 is 0. The molecule has 0 atom stereocenters. The van der Waals surface area contributed by atoms with Crippen molar-refractivity contribution in [2.24, 2.45) is 7.05 Å². The van der Waals surface area contributed by atoms with Crippen molar-refractivity contribution >= 4 is 16.6 Å². The third kappa shape index (κ3) is 2.01. The maximum absolute atomic E-state index is 11.9. The number of nitrogens with zero attached hydrogens (tertiary/aromatic N) is 3. The lowest BCUT2D eigenvalue weighted by Crippen LogP contribution is -2.37. The van der Waals surface area contributed by atoms with Crippen LogP contribution in [0.5, 0.6) is 0 Å². The molecule has 0 amide bonds. The summed E-state index contributed by atoms with van der Waals surface area (Å²) < 4.78 is 6.44. The van der Waals surface area contributed by atoms with Crippen LogP contribution in [0.25, 0.3) is 10.8 Å². The lowest BCUT2D eigenvalue weighted by Gasteiger charge is -2.27. The molecular formula is C12H14N4O3. The van der Waals surface area contributed by atoms with Crippen molar-refractivity contribution in [3.63, 3.8) is 0 Å². The van der Waals surface area contributed by atoms with E-state index in [0.717, 1.165) is 13.1 Å². The fraction of sp³-hybridized carbons (Fsp3) is 0.417. The first-order valence-corrected chi connectivity index (χ1v) is 6.08. The number of aryl methyl sites for hydroxylation is 1. The number of anilines is 1. The number of nitrogens with one attached hydrogen (secondary N) is 1. The number of hydrogen-bond donors (Lipinski definition) is 1. The Bertz CT molecular complexity index is 728. The summed E-state index contributed by atoms with van der Waals surface area (Å²) in [4.78, 5) is 30.1. The van der Waals surface area contributed by atoms with Gasteiger partial charge in [0.15, 0.2) is 0 Å². The summed E-state index contributed by atoms with van der Waals surface area (Å²) in [7, 11) is 1.51. The Morgan fingerprint density at radius 1 is 1.26 bits per heavy atom. The van der Waals surface area contributed by atoms with E-state index < -0.39 is 0 Å². The fourth-order valence-corrected chi connectivity index (χ4v) is 2.21. The Morgan fingerprint density at radius 3 is 2.74 bits per heavy atom. The Hall–Kier alpha value is -2.15. The van der Waals surface area contributed by atoms with Gasteiger partial charge in [-0.05, 0) is 6.07 Å². The van der Waals surface area contributed by atoms with Crippen LogP contribution >= 0.6 is 0 Å². The number of fused-ring (bicyclic) bond motifs is 1. The van der Waals surface area contributed by atoms with E-state index in [0.29, 0.717) is 29.8 Å². The van der Waals surface area contributed by atoms with Crippen molar-refractivity contribution in [3.8, 4) is 0 Å². The van der Waals surface area contributed by atoms with Crippen LogP contribution in [0.4, 0.5) is 5.82 Å². The molecule has 1 aliphatic heterocycles. The number of rotatable bonds is 1. The van der Waals surface area contributed by atoms with E-state index in [2.05, 4.69) is 10.1 Å². The van der Waals surface area contributed by atoms with Gasteiger partial charge in [0.2, 0.25) is 0 Å². The van der Waals surface area contributed by atoms with Crippen LogP contribution in [0.3, 0.4) is 0 Å². The number of pyridine rings is 1. The highest BCUT2D eigenvalue weighted by atomic mass is 16.5. The van der Waals surface area contributed by atoms with Gasteiger partial charge < -0.3 is 9.64 Å². The quantitative estimate of drug-likeness (QED) is 0.746. The summed E-state index contributed by atoms with van der Waals surface area (Å²) in [5.74, 6) is 0.703. The fourth-order valence-electron chi connectivity index (χ4n) is 2.21. The number of morpholine rings is 1. The van der Waals surface area contributed by atoms with E-state index >= 15 is 0 Å². The number of aromatic nitrogens is 3. The average Bonchev–Trinajstić information content (AvgIpc) is 2.45. The number of ether oxygens (including phenoxy) is 1. The minimum Gasteiger partial charge on any atom is -0.378 e. The lowest BCUT2D eigenvalue weighted by molar-refractivity contribution is 0.122. The standard InChI is InChI=1S/C12H14N4O3/c1-15-12(18)9-7-13-10(6-8(9)11(17)14-15)16-2-4-19-5-3-16/h6-7H,2-5H2,1H3,(H,14,17). The highest BCUT2D eigenvalue weighted by molar-refractivity contribution is 5.82. The second-order valence-electron chi connectivity index (χ2n) is 4.49. The first-order chi connectivity index (χ1) is 9.16. The van der Waals surface area contributed by atoms with Crippen molar-refractivity contribution < 1.29 is 4.74 Å². The summed E-state index contributed by atoms with van der Waals surface area (Å²) in [5, 5.41) is 3.20. The topological polar surface area (TPSA) is 80.2 Å². The first kappa shape index (κ1) is 11.9. The highest BCUT2D eigenvalue weighted by Gasteiger charge is 2.14. The molecule has 3 rings (SSSR count). The van der Waals surface area contributed by atoms with Crippen LogP contribution in [0.15, 0.2) is 21.9 Å². The molecule has 0 saturated carbocycles. The largest absolute Gasteiger partial charge is 0.378 e. The Balaban J connectivity index is 2.15. The highest BCUT2D eigenvalue weighted by Crippen LogP contribution is 2.15. The van der Waals surface area contributed by atoms with Gasteiger partial charge in [-0.2, -0.15) is 0 Å². The molecule has 1 aliphatic rings. The van der Waals surface area contributed by atoms with E-state index in [9.17, 15) is 9.59 Å². The van der Waals surface area contributed by atoms with Gasteiger partial charge in [0.25, 0.3) is 11.1 Å². The van der Waals surface area contributed by atoms with E-state index in [1.807, 2.05) is 4.90 Å². The third-order valence-electron chi connectivity index (χ3n) is 3.27. The van der Waals surface area contributed by atoms with E-state index in [-0.39, 0.29) is 11.1 Å². The van der Waals surface area contributed by atoms with Crippen molar-refractivity contribution in [1.82, 2.24) is 14.8 Å². The van der Waals surface area contributed by atoms with Crippen LogP contribution < -0.4 is 16.0 Å². The van der Waals surface area contributed by atoms with Crippen LogP contribution in [0, 0.1) is 0 Å². The predicted molar refractivity (Wildman–Crippen MR) is 70.6 cm³/mol. The maximum atomic E-state index is 11.9. The molecule has 0 bridgehead atoms. The zero-order valence-electron chi connectivity index (χ0n) is 10.5. The molecule has 7 nitrogen and oxygen atoms in total. The zero-order chi connectivity index (χ0) is 13.4. The molecule has 1 saturated heterocycles. The summed E-state index contributed by atoms with van der Waals surface area (Å²) in [6.45, 7) is 2.77. The second-order valence-corrected chi connectivity index (χ2v) is 4.49. The predicted octanol–water partition coefficient (Wildman–Crippen LogP) is -0.542. The Kier molecular flexibility index (Phi) is 2.83. The minimum atomic E-state index is -0.283. The number of hydrogen-bond acceptors (Lipinski definition) is 5. The van der Waals surface area contributed by atoms with E-state index in [1.54, 1.807) is 6.07 Å². The van der Waals surface area contributed by atoms with Crippen LogP contribution in [-0.2, 0) is 11.8 Å². The van der Waals surface area contributed by atoms with Crippen LogP contribution in [-0.4, -0.2) is 41.1 Å².